The molecule has 16 heteroatoms. The van der Waals surface area contributed by atoms with Crippen molar-refractivity contribution in [1.82, 2.24) is 10.2 Å². The number of thioether (sulfide) groups is 1. The molecule has 0 radical (unpaired) electrons. The van der Waals surface area contributed by atoms with E-state index in [2.05, 4.69) is 16.0 Å². The van der Waals surface area contributed by atoms with E-state index in [1.165, 1.54) is 53.4 Å². The van der Waals surface area contributed by atoms with Crippen LogP contribution in [0.4, 0.5) is 21.2 Å². The van der Waals surface area contributed by atoms with Gasteiger partial charge in [0.05, 0.1) is 29.4 Å². The van der Waals surface area contributed by atoms with Crippen molar-refractivity contribution < 1.29 is 38.4 Å². The predicted octanol–water partition coefficient (Wildman–Crippen LogP) is 7.27. The molecule has 1 aliphatic rings. The van der Waals surface area contributed by atoms with Crippen LogP contribution in [0.1, 0.15) is 64.4 Å². The second kappa shape index (κ2) is 17.9. The van der Waals surface area contributed by atoms with Crippen molar-refractivity contribution in [2.75, 3.05) is 29.5 Å². The number of nitrogens with zero attached hydrogens (tertiary/aromatic N) is 2. The number of carbonyl (C=O) groups excluding carboxylic acids is 5. The molecule has 0 fully saturated rings. The second-order valence-electron chi connectivity index (χ2n) is 13.1. The van der Waals surface area contributed by atoms with E-state index in [9.17, 15) is 34.1 Å². The van der Waals surface area contributed by atoms with Gasteiger partial charge in [-0.15, -0.1) is 23.1 Å². The smallest absolute Gasteiger partial charge is 0.410 e. The number of nitrogens with one attached hydrogen (secondary N) is 3. The van der Waals surface area contributed by atoms with Crippen molar-refractivity contribution >= 4 is 75.3 Å². The molecule has 14 nitrogen and oxygen atoms in total. The van der Waals surface area contributed by atoms with Crippen LogP contribution in [0, 0.1) is 10.1 Å². The van der Waals surface area contributed by atoms with Crippen LogP contribution in [0.5, 0.6) is 0 Å². The normalized spacial score (nSPS) is 12.6. The predicted molar refractivity (Wildman–Crippen MR) is 210 cm³/mol. The Labute approximate surface area is 325 Å². The molecule has 0 saturated carbocycles. The van der Waals surface area contributed by atoms with E-state index in [4.69, 9.17) is 9.47 Å². The Morgan fingerprint density at radius 1 is 0.982 bits per heavy atom. The fourth-order valence-electron chi connectivity index (χ4n) is 5.37. The highest BCUT2D eigenvalue weighted by Gasteiger charge is 2.32. The Balaban J connectivity index is 1.27. The van der Waals surface area contributed by atoms with E-state index in [0.717, 1.165) is 10.4 Å². The first-order chi connectivity index (χ1) is 26.2. The molecule has 0 bridgehead atoms. The summed E-state index contributed by atoms with van der Waals surface area (Å²) in [6.07, 6.45) is 1.34. The van der Waals surface area contributed by atoms with Gasteiger partial charge in [-0.2, -0.15) is 0 Å². The molecular weight excluding hydrogens is 747 g/mol. The van der Waals surface area contributed by atoms with E-state index in [1.54, 1.807) is 87.2 Å². The first-order valence-electron chi connectivity index (χ1n) is 17.2. The molecule has 1 aliphatic heterocycles. The van der Waals surface area contributed by atoms with Crippen molar-refractivity contribution in [1.29, 1.82) is 0 Å². The summed E-state index contributed by atoms with van der Waals surface area (Å²) in [5.41, 5.74) is 1.26. The Hall–Kier alpha value is -6.00. The molecule has 0 saturated heterocycles. The van der Waals surface area contributed by atoms with Crippen LogP contribution in [-0.4, -0.2) is 64.1 Å². The van der Waals surface area contributed by atoms with E-state index >= 15 is 0 Å². The molecule has 5 rings (SSSR count). The van der Waals surface area contributed by atoms with Crippen molar-refractivity contribution in [2.45, 2.75) is 51.2 Å². The maximum absolute atomic E-state index is 13.5. The van der Waals surface area contributed by atoms with Crippen LogP contribution in [0.25, 0.3) is 6.08 Å². The lowest BCUT2D eigenvalue weighted by atomic mass is 10.0. The van der Waals surface area contributed by atoms with Crippen LogP contribution in [-0.2, 0) is 32.0 Å². The van der Waals surface area contributed by atoms with Crippen LogP contribution < -0.4 is 16.0 Å². The van der Waals surface area contributed by atoms with Crippen molar-refractivity contribution in [3.8, 4) is 0 Å². The van der Waals surface area contributed by atoms with Gasteiger partial charge in [-0.25, -0.2) is 9.59 Å². The number of thiophene rings is 1. The third-order valence-electron chi connectivity index (χ3n) is 7.85. The number of rotatable bonds is 12. The number of amides is 4. The third kappa shape index (κ3) is 11.0. The van der Waals surface area contributed by atoms with E-state index in [-0.39, 0.29) is 41.8 Å². The standard InChI is InChI=1S/C39H39N5O9S2/c1-5-52-37(48)33-29-18-19-43(38(49)53-39(2,3)4)22-31(29)55-36(33)42-32(45)23-54-28-13-9-12-26(21-28)40-35(47)30(41-34(46)25-10-7-6-8-11-25)20-24-14-16-27(17-15-24)44(50)51/h6-17,20-21H,5,18-19,22-23H2,1-4H3,(H,40,47)(H,41,46)(H,42,45)/b30-20+. The molecule has 3 N–H and O–H groups in total. The first-order valence-corrected chi connectivity index (χ1v) is 19.0. The summed E-state index contributed by atoms with van der Waals surface area (Å²) in [7, 11) is 0. The zero-order valence-electron chi connectivity index (χ0n) is 30.5. The number of carbonyl (C=O) groups is 5. The van der Waals surface area contributed by atoms with Crippen LogP contribution >= 0.6 is 23.1 Å². The molecule has 2 heterocycles. The minimum absolute atomic E-state index is 0.0370. The van der Waals surface area contributed by atoms with Gasteiger partial charge in [-0.1, -0.05) is 24.3 Å². The zero-order valence-corrected chi connectivity index (χ0v) is 32.1. The SMILES string of the molecule is CCOC(=O)c1c(NC(=O)CSc2cccc(NC(=O)/C(=C\c3ccc([N+](=O)[O-])cc3)NC(=O)c3ccccc3)c2)sc2c1CCN(C(=O)OC(C)(C)C)C2. The number of nitro groups is 1. The maximum atomic E-state index is 13.5. The van der Waals surface area contributed by atoms with Crippen molar-refractivity contribution in [3.63, 3.8) is 0 Å². The fraction of sp³-hybridized carbons (Fsp3) is 0.256. The lowest BCUT2D eigenvalue weighted by molar-refractivity contribution is -0.384. The zero-order chi connectivity index (χ0) is 39.7. The summed E-state index contributed by atoms with van der Waals surface area (Å²) in [6.45, 7) is 7.78. The van der Waals surface area contributed by atoms with E-state index in [0.29, 0.717) is 39.7 Å². The van der Waals surface area contributed by atoms with Gasteiger partial charge in [0, 0.05) is 39.7 Å². The first kappa shape index (κ1) is 40.2. The molecule has 4 aromatic rings. The average Bonchev–Trinajstić information content (AvgIpc) is 3.50. The molecule has 0 atom stereocenters. The topological polar surface area (TPSA) is 186 Å². The number of non-ortho nitro benzene ring substituents is 1. The minimum Gasteiger partial charge on any atom is -0.462 e. The van der Waals surface area contributed by atoms with Crippen molar-refractivity contribution in [3.05, 3.63) is 122 Å². The van der Waals surface area contributed by atoms with Gasteiger partial charge in [-0.05, 0) is 93.8 Å². The summed E-state index contributed by atoms with van der Waals surface area (Å²) in [5, 5.41) is 19.7. The summed E-state index contributed by atoms with van der Waals surface area (Å²) in [5.74, 6) is -2.16. The van der Waals surface area contributed by atoms with Gasteiger partial charge in [0.1, 0.15) is 16.3 Å². The Bertz CT molecular complexity index is 2130. The molecule has 4 amide bonds. The maximum Gasteiger partial charge on any atom is 0.410 e. The summed E-state index contributed by atoms with van der Waals surface area (Å²) < 4.78 is 10.8. The van der Waals surface area contributed by atoms with Crippen molar-refractivity contribution in [2.24, 2.45) is 0 Å². The Morgan fingerprint density at radius 3 is 2.38 bits per heavy atom. The highest BCUT2D eigenvalue weighted by atomic mass is 32.2. The monoisotopic (exact) mass is 785 g/mol. The summed E-state index contributed by atoms with van der Waals surface area (Å²) in [6, 6.07) is 20.6. The number of hydrogen-bond donors (Lipinski definition) is 3. The highest BCUT2D eigenvalue weighted by molar-refractivity contribution is 8.00. The molecule has 55 heavy (non-hydrogen) atoms. The largest absolute Gasteiger partial charge is 0.462 e. The Morgan fingerprint density at radius 2 is 1.71 bits per heavy atom. The van der Waals surface area contributed by atoms with Gasteiger partial charge >= 0.3 is 12.1 Å². The average molecular weight is 786 g/mol. The minimum atomic E-state index is -0.665. The number of anilines is 2. The van der Waals surface area contributed by atoms with Gasteiger partial charge in [-0.3, -0.25) is 24.5 Å². The van der Waals surface area contributed by atoms with Crippen LogP contribution in [0.2, 0.25) is 0 Å². The lowest BCUT2D eigenvalue weighted by Gasteiger charge is -2.30. The number of ether oxygens (including phenoxy) is 2. The summed E-state index contributed by atoms with van der Waals surface area (Å²) >= 11 is 2.41. The molecule has 3 aromatic carbocycles. The lowest BCUT2D eigenvalue weighted by Crippen LogP contribution is -2.39. The van der Waals surface area contributed by atoms with E-state index < -0.39 is 34.4 Å². The molecule has 286 valence electrons. The van der Waals surface area contributed by atoms with Gasteiger partial charge in [0.25, 0.3) is 17.5 Å². The quantitative estimate of drug-likeness (QED) is 0.0434. The second-order valence-corrected chi connectivity index (χ2v) is 15.3. The van der Waals surface area contributed by atoms with Crippen LogP contribution in [0.3, 0.4) is 0 Å². The molecule has 0 spiro atoms. The fourth-order valence-corrected chi connectivity index (χ4v) is 7.39. The van der Waals surface area contributed by atoms with Gasteiger partial charge in [0.2, 0.25) is 5.91 Å². The van der Waals surface area contributed by atoms with Crippen LogP contribution in [0.15, 0.2) is 89.5 Å². The number of nitro benzene ring substituents is 1. The number of benzene rings is 3. The molecule has 0 aliphatic carbocycles. The highest BCUT2D eigenvalue weighted by Crippen LogP contribution is 2.38. The third-order valence-corrected chi connectivity index (χ3v) is 9.97. The Kier molecular flexibility index (Phi) is 13.1. The summed E-state index contributed by atoms with van der Waals surface area (Å²) in [4.78, 5) is 79.1. The number of fused-ring (bicyclic) bond motifs is 1. The van der Waals surface area contributed by atoms with E-state index in [1.807, 2.05) is 0 Å². The molecule has 0 unspecified atom stereocenters. The molecule has 1 aromatic heterocycles. The number of hydrogen-bond acceptors (Lipinski definition) is 11. The van der Waals surface area contributed by atoms with Gasteiger partial charge in [0.15, 0.2) is 0 Å². The molecular formula is C39H39N5O9S2. The number of esters is 1. The van der Waals surface area contributed by atoms with Gasteiger partial charge < -0.3 is 30.3 Å².